The number of hydrogen-bond donors (Lipinski definition) is 2. The second-order valence-corrected chi connectivity index (χ2v) is 13.0. The zero-order valence-corrected chi connectivity index (χ0v) is 28.9. The smallest absolute Gasteiger partial charge is 0.308 e. The molecule has 1 atom stereocenters. The topological polar surface area (TPSA) is 106 Å². The lowest BCUT2D eigenvalue weighted by molar-refractivity contribution is -0.135. The number of aromatic hydroxyl groups is 1. The quantitative estimate of drug-likeness (QED) is 0.0937. The fourth-order valence-corrected chi connectivity index (χ4v) is 6.30. The number of phenols is 1. The fourth-order valence-electron chi connectivity index (χ4n) is 6.30. The Hall–Kier alpha value is -4.46. The number of aliphatic carboxylic acids is 1. The van der Waals surface area contributed by atoms with Crippen molar-refractivity contribution in [3.63, 3.8) is 0 Å². The Bertz CT molecular complexity index is 1540. The summed E-state index contributed by atoms with van der Waals surface area (Å²) < 4.78 is 0. The number of rotatable bonds is 11. The van der Waals surface area contributed by atoms with Gasteiger partial charge in [0.2, 0.25) is 6.41 Å². The van der Waals surface area contributed by atoms with E-state index in [1.165, 1.54) is 53.3 Å². The summed E-state index contributed by atoms with van der Waals surface area (Å²) in [5, 5.41) is 24.5. The molecule has 3 aliphatic rings. The molecule has 1 unspecified atom stereocenters. The van der Waals surface area contributed by atoms with Crippen LogP contribution < -0.4 is 5.01 Å². The summed E-state index contributed by atoms with van der Waals surface area (Å²) in [6.07, 6.45) is 14.2. The Kier molecular flexibility index (Phi) is 13.8. The predicted molar refractivity (Wildman–Crippen MR) is 195 cm³/mol. The number of phenolic OH excluding ortho intramolecular Hbond substituents is 1. The first-order valence-corrected chi connectivity index (χ1v) is 17.5. The number of amides is 1. The normalized spacial score (nSPS) is 16.2. The molecule has 1 aliphatic heterocycles. The van der Waals surface area contributed by atoms with Crippen LogP contribution in [0.4, 0.5) is 5.82 Å². The Morgan fingerprint density at radius 2 is 1.81 bits per heavy atom. The molecule has 8 nitrogen and oxygen atoms in total. The van der Waals surface area contributed by atoms with Crippen molar-refractivity contribution < 1.29 is 19.8 Å². The molecule has 2 fully saturated rings. The second-order valence-electron chi connectivity index (χ2n) is 13.0. The Balaban J connectivity index is 0.000000209. The molecule has 2 N–H and O–H groups in total. The van der Waals surface area contributed by atoms with Crippen molar-refractivity contribution in [2.75, 3.05) is 18.1 Å². The number of likely N-dealkylation sites (tertiary alicyclic amines) is 1. The summed E-state index contributed by atoms with van der Waals surface area (Å²) >= 11 is 0. The maximum absolute atomic E-state index is 10.8. The third-order valence-corrected chi connectivity index (χ3v) is 9.36. The first kappa shape index (κ1) is 36.4. The molecular weight excluding hydrogens is 600 g/mol. The van der Waals surface area contributed by atoms with Gasteiger partial charge in [-0.05, 0) is 103 Å². The molecule has 0 bridgehead atoms. The van der Waals surface area contributed by atoms with Gasteiger partial charge in [0.15, 0.2) is 0 Å². The minimum Gasteiger partial charge on any atom is -0.508 e. The van der Waals surface area contributed by atoms with Crippen molar-refractivity contribution in [1.82, 2.24) is 9.88 Å². The zero-order chi connectivity index (χ0) is 34.5. The molecule has 1 aromatic heterocycles. The average molecular weight is 653 g/mol. The first-order chi connectivity index (χ1) is 23.3. The number of hydrazone groups is 1. The minimum absolute atomic E-state index is 0.0562. The summed E-state index contributed by atoms with van der Waals surface area (Å²) in [6, 6.07) is 17.9. The number of fused-ring (bicyclic) bond motifs is 1. The SMILES string of the molecule is C=CC(CC)N(/N=C\CC(=O)O)c1cccc(-c2cccc3c2CCC3)n1.CC1CC1.CCc1cc(O)ccc1C1CCN(C=O)CC1. The van der Waals surface area contributed by atoms with Crippen LogP contribution in [0.2, 0.25) is 0 Å². The summed E-state index contributed by atoms with van der Waals surface area (Å²) in [4.78, 5) is 28.2. The zero-order valence-electron chi connectivity index (χ0n) is 28.9. The van der Waals surface area contributed by atoms with E-state index in [2.05, 4.69) is 43.7 Å². The maximum atomic E-state index is 10.8. The predicted octanol–water partition coefficient (Wildman–Crippen LogP) is 8.18. The molecule has 0 spiro atoms. The van der Waals surface area contributed by atoms with Crippen molar-refractivity contribution >= 4 is 24.4 Å². The van der Waals surface area contributed by atoms with Crippen LogP contribution in [0.15, 0.2) is 72.4 Å². The van der Waals surface area contributed by atoms with E-state index in [0.717, 1.165) is 69.6 Å². The number of hydrogen-bond acceptors (Lipinski definition) is 6. The van der Waals surface area contributed by atoms with Gasteiger partial charge in [0, 0.05) is 24.9 Å². The Morgan fingerprint density at radius 3 is 2.44 bits per heavy atom. The number of piperidine rings is 1. The minimum atomic E-state index is -0.910. The van der Waals surface area contributed by atoms with Crippen LogP contribution in [0.25, 0.3) is 11.3 Å². The van der Waals surface area contributed by atoms with E-state index in [1.807, 2.05) is 48.2 Å². The van der Waals surface area contributed by atoms with Gasteiger partial charge >= 0.3 is 5.97 Å². The molecular formula is C40H52N4O4. The van der Waals surface area contributed by atoms with E-state index >= 15 is 0 Å². The molecule has 2 aliphatic carbocycles. The molecule has 256 valence electrons. The number of nitrogens with zero attached hydrogens (tertiary/aromatic N) is 4. The molecule has 1 saturated heterocycles. The molecule has 6 rings (SSSR count). The maximum Gasteiger partial charge on any atom is 0.308 e. The van der Waals surface area contributed by atoms with Gasteiger partial charge in [-0.25, -0.2) is 9.99 Å². The fraction of sp³-hybridized carbons (Fsp3) is 0.450. The van der Waals surface area contributed by atoms with Gasteiger partial charge in [-0.2, -0.15) is 5.10 Å². The standard InChI is InChI=1S/C22H25N3O2.C14H19NO2.C4H8/c1-3-17(4-2)25(23-15-14-22(26)27)21-13-7-12-20(24-21)19-11-6-9-16-8-5-10-18(16)19;1-2-11-9-13(17)3-4-14(11)12-5-7-15(10-16)8-6-12;1-4-2-3-4/h3,6-7,9,11-13,15,17H,1,4-5,8,10,14H2,2H3,(H,26,27);3-4,9-10,12,17H,2,5-8H2,1H3;4H,2-3H2,1H3/b23-15-;;. The summed E-state index contributed by atoms with van der Waals surface area (Å²) in [5.74, 6) is 1.74. The van der Waals surface area contributed by atoms with Crippen molar-refractivity contribution in [1.29, 1.82) is 0 Å². The molecule has 1 amide bonds. The van der Waals surface area contributed by atoms with Crippen LogP contribution >= 0.6 is 0 Å². The third kappa shape index (κ3) is 10.3. The van der Waals surface area contributed by atoms with Crippen LogP contribution in [-0.2, 0) is 28.9 Å². The molecule has 8 heteroatoms. The van der Waals surface area contributed by atoms with Gasteiger partial charge in [-0.3, -0.25) is 9.59 Å². The van der Waals surface area contributed by atoms with Gasteiger partial charge in [-0.15, -0.1) is 6.58 Å². The molecule has 1 saturated carbocycles. The number of carbonyl (C=O) groups is 2. The number of carbonyl (C=O) groups excluding carboxylic acids is 1. The van der Waals surface area contributed by atoms with Crippen molar-refractivity contribution in [3.05, 3.63) is 89.5 Å². The van der Waals surface area contributed by atoms with Gasteiger partial charge in [0.25, 0.3) is 0 Å². The number of aryl methyl sites for hydroxylation is 2. The number of benzene rings is 2. The largest absolute Gasteiger partial charge is 0.508 e. The molecule has 48 heavy (non-hydrogen) atoms. The van der Waals surface area contributed by atoms with Crippen LogP contribution in [0.1, 0.15) is 93.9 Å². The van der Waals surface area contributed by atoms with E-state index < -0.39 is 5.97 Å². The highest BCUT2D eigenvalue weighted by Crippen LogP contribution is 2.34. The highest BCUT2D eigenvalue weighted by molar-refractivity contribution is 5.85. The van der Waals surface area contributed by atoms with Crippen molar-refractivity contribution in [3.8, 4) is 17.0 Å². The van der Waals surface area contributed by atoms with Crippen LogP contribution in [-0.4, -0.2) is 57.8 Å². The lowest BCUT2D eigenvalue weighted by atomic mass is 9.86. The summed E-state index contributed by atoms with van der Waals surface area (Å²) in [7, 11) is 0. The first-order valence-electron chi connectivity index (χ1n) is 17.5. The second kappa shape index (κ2) is 18.2. The molecule has 3 aromatic rings. The highest BCUT2D eigenvalue weighted by atomic mass is 16.4. The van der Waals surface area contributed by atoms with E-state index in [0.29, 0.717) is 17.5 Å². The van der Waals surface area contributed by atoms with Crippen molar-refractivity contribution in [2.24, 2.45) is 11.0 Å². The Morgan fingerprint density at radius 1 is 1.08 bits per heavy atom. The number of carboxylic acids is 1. The van der Waals surface area contributed by atoms with Crippen LogP contribution in [0.5, 0.6) is 5.75 Å². The molecule has 0 radical (unpaired) electrons. The lowest BCUT2D eigenvalue weighted by Crippen LogP contribution is -2.31. The Labute approximate surface area is 286 Å². The summed E-state index contributed by atoms with van der Waals surface area (Å²) in [5.41, 5.74) is 7.47. The molecule has 2 aromatic carbocycles. The van der Waals surface area contributed by atoms with E-state index in [9.17, 15) is 14.7 Å². The van der Waals surface area contributed by atoms with Crippen molar-refractivity contribution in [2.45, 2.75) is 96.9 Å². The number of pyridine rings is 1. The van der Waals surface area contributed by atoms with Crippen LogP contribution in [0.3, 0.4) is 0 Å². The monoisotopic (exact) mass is 652 g/mol. The number of carboxylic acid groups (broad SMARTS) is 1. The van der Waals surface area contributed by atoms with E-state index in [1.54, 1.807) is 11.1 Å². The van der Waals surface area contributed by atoms with E-state index in [-0.39, 0.29) is 12.5 Å². The molecule has 2 heterocycles. The van der Waals surface area contributed by atoms with Gasteiger partial charge in [-0.1, -0.05) is 70.0 Å². The average Bonchev–Trinajstić information content (AvgIpc) is 3.74. The van der Waals surface area contributed by atoms with Gasteiger partial charge in [0.05, 0.1) is 18.2 Å². The summed E-state index contributed by atoms with van der Waals surface area (Å²) in [6.45, 7) is 12.0. The highest BCUT2D eigenvalue weighted by Gasteiger charge is 2.22. The lowest BCUT2D eigenvalue weighted by Gasteiger charge is -2.30. The van der Waals surface area contributed by atoms with Gasteiger partial charge in [0.1, 0.15) is 11.6 Å². The third-order valence-electron chi connectivity index (χ3n) is 9.36. The van der Waals surface area contributed by atoms with E-state index in [4.69, 9.17) is 10.1 Å². The van der Waals surface area contributed by atoms with Gasteiger partial charge < -0.3 is 15.1 Å². The van der Waals surface area contributed by atoms with Crippen LogP contribution in [0, 0.1) is 5.92 Å². The number of aromatic nitrogens is 1. The number of anilines is 1.